The van der Waals surface area contributed by atoms with Crippen LogP contribution in [0.15, 0.2) is 12.4 Å². The zero-order valence-corrected chi connectivity index (χ0v) is 23.5. The molecular weight excluding hydrogens is 510 g/mol. The van der Waals surface area contributed by atoms with E-state index < -0.39 is 6.04 Å². The molecule has 0 saturated carbocycles. The van der Waals surface area contributed by atoms with E-state index in [-0.39, 0.29) is 17.9 Å². The number of likely N-dealkylation sites (tertiary alicyclic amines) is 1. The summed E-state index contributed by atoms with van der Waals surface area (Å²) in [5.74, 6) is 1.13. The topological polar surface area (TPSA) is 150 Å². The van der Waals surface area contributed by atoms with Crippen molar-refractivity contribution in [3.63, 3.8) is 0 Å². The molecule has 0 aliphatic carbocycles. The molecule has 0 bridgehead atoms. The second-order valence-electron chi connectivity index (χ2n) is 9.80. The molecule has 0 aromatic carbocycles. The van der Waals surface area contributed by atoms with Gasteiger partial charge in [-0.2, -0.15) is 0 Å². The molecule has 218 valence electrons. The maximum absolute atomic E-state index is 12.5. The maximum Gasteiger partial charge on any atom is 0.237 e. The number of halogens is 1. The summed E-state index contributed by atoms with van der Waals surface area (Å²) in [5, 5.41) is 5.97. The lowest BCUT2D eigenvalue weighted by Gasteiger charge is -2.18. The molecule has 1 saturated heterocycles. The number of anilines is 1. The number of carbonyl (C=O) groups excluding carboxylic acids is 2. The van der Waals surface area contributed by atoms with Crippen LogP contribution in [-0.2, 0) is 25.6 Å². The molecule has 6 N–H and O–H groups in total. The molecule has 1 aromatic heterocycles. The summed E-state index contributed by atoms with van der Waals surface area (Å²) >= 11 is 5.65. The number of rotatable bonds is 22. The number of nitrogens with two attached hydrogens (primary N) is 2. The third kappa shape index (κ3) is 14.3. The van der Waals surface area contributed by atoms with Gasteiger partial charge in [0, 0.05) is 63.5 Å². The molecule has 1 aliphatic rings. The molecule has 0 unspecified atom stereocenters. The fourth-order valence-corrected chi connectivity index (χ4v) is 4.58. The lowest BCUT2D eigenvalue weighted by atomic mass is 10.1. The summed E-state index contributed by atoms with van der Waals surface area (Å²) in [4.78, 5) is 30.8. The number of nitrogens with zero attached hydrogens (tertiary/aromatic N) is 3. The Labute approximate surface area is 232 Å². The summed E-state index contributed by atoms with van der Waals surface area (Å²) in [6.07, 6.45) is 11.4. The minimum atomic E-state index is -0.537. The second kappa shape index (κ2) is 20.0. The highest BCUT2D eigenvalue weighted by atomic mass is 35.5. The van der Waals surface area contributed by atoms with Crippen LogP contribution >= 0.6 is 11.6 Å². The van der Waals surface area contributed by atoms with Crippen molar-refractivity contribution in [3.8, 4) is 0 Å². The van der Waals surface area contributed by atoms with E-state index >= 15 is 0 Å². The molecule has 2 heterocycles. The van der Waals surface area contributed by atoms with Crippen molar-refractivity contribution in [2.45, 2.75) is 76.4 Å². The van der Waals surface area contributed by atoms with Gasteiger partial charge >= 0.3 is 0 Å². The molecule has 1 aromatic rings. The van der Waals surface area contributed by atoms with Crippen molar-refractivity contribution >= 4 is 29.4 Å². The van der Waals surface area contributed by atoms with E-state index in [4.69, 9.17) is 32.5 Å². The lowest BCUT2D eigenvalue weighted by molar-refractivity contribution is -0.123. The Morgan fingerprint density at radius 2 is 1.87 bits per heavy atom. The average Bonchev–Trinajstić information content (AvgIpc) is 3.52. The minimum Gasteiger partial charge on any atom is -0.379 e. The van der Waals surface area contributed by atoms with Crippen LogP contribution in [0.2, 0.25) is 0 Å². The second-order valence-corrected chi connectivity index (χ2v) is 10.2. The highest BCUT2D eigenvalue weighted by Gasteiger charge is 2.25. The number of hydrogen-bond donors (Lipinski definition) is 4. The predicted molar refractivity (Wildman–Crippen MR) is 150 cm³/mol. The van der Waals surface area contributed by atoms with Gasteiger partial charge in [-0.05, 0) is 45.1 Å². The standard InChI is InChI=1S/C26H48ClN7O4/c27-10-3-1-2-4-17-37-19-20-38-18-12-30-24(35)8-6-13-33-15-9-22(21-33)32-25(36)23(28)7-5-14-34-16-11-31-26(34)29/h11,16,22-23H,1-10,12-15,17-21,28H2,(H2,29,31)(H,30,35)(H,32,36)/t22-,23+/m1/s1. The molecule has 2 amide bonds. The zero-order chi connectivity index (χ0) is 27.4. The number of aromatic nitrogens is 2. The van der Waals surface area contributed by atoms with Gasteiger partial charge in [-0.3, -0.25) is 9.59 Å². The van der Waals surface area contributed by atoms with E-state index in [1.807, 2.05) is 10.8 Å². The van der Waals surface area contributed by atoms with E-state index in [0.29, 0.717) is 51.7 Å². The number of carbonyl (C=O) groups is 2. The Morgan fingerprint density at radius 1 is 1.08 bits per heavy atom. The Morgan fingerprint density at radius 3 is 2.63 bits per heavy atom. The predicted octanol–water partition coefficient (Wildman–Crippen LogP) is 1.49. The minimum absolute atomic E-state index is 0.0364. The highest BCUT2D eigenvalue weighted by molar-refractivity contribution is 6.17. The van der Waals surface area contributed by atoms with Crippen LogP contribution in [0, 0.1) is 0 Å². The number of amides is 2. The first-order valence-electron chi connectivity index (χ1n) is 14.0. The third-order valence-electron chi connectivity index (χ3n) is 6.61. The largest absolute Gasteiger partial charge is 0.379 e. The van der Waals surface area contributed by atoms with E-state index in [0.717, 1.165) is 77.1 Å². The molecule has 0 spiro atoms. The molecule has 38 heavy (non-hydrogen) atoms. The van der Waals surface area contributed by atoms with Gasteiger partial charge in [-0.15, -0.1) is 11.6 Å². The molecule has 2 rings (SSSR count). The van der Waals surface area contributed by atoms with E-state index in [1.165, 1.54) is 0 Å². The number of hydrogen-bond acceptors (Lipinski definition) is 8. The SMILES string of the molecule is Nc1nccn1CCC[C@H](N)C(=O)N[C@@H]1CCN(CCCC(=O)NCCOCCOCCCCCCCl)C1. The first-order chi connectivity index (χ1) is 18.5. The molecule has 11 nitrogen and oxygen atoms in total. The fourth-order valence-electron chi connectivity index (χ4n) is 4.39. The number of imidazole rings is 1. The normalized spacial score (nSPS) is 16.5. The monoisotopic (exact) mass is 557 g/mol. The van der Waals surface area contributed by atoms with Crippen molar-refractivity contribution in [3.05, 3.63) is 12.4 Å². The number of alkyl halides is 1. The van der Waals surface area contributed by atoms with Crippen LogP contribution < -0.4 is 22.1 Å². The summed E-state index contributed by atoms with van der Waals surface area (Å²) in [7, 11) is 0. The number of nitrogens with one attached hydrogen (secondary N) is 2. The van der Waals surface area contributed by atoms with Gasteiger partial charge in [0.15, 0.2) is 5.95 Å². The van der Waals surface area contributed by atoms with Crippen LogP contribution in [0.5, 0.6) is 0 Å². The van der Waals surface area contributed by atoms with Crippen LogP contribution in [0.3, 0.4) is 0 Å². The lowest BCUT2D eigenvalue weighted by Crippen LogP contribution is -2.46. The van der Waals surface area contributed by atoms with Gasteiger partial charge in [-0.1, -0.05) is 12.8 Å². The number of ether oxygens (including phenoxy) is 2. The van der Waals surface area contributed by atoms with Crippen molar-refractivity contribution in [1.29, 1.82) is 0 Å². The van der Waals surface area contributed by atoms with E-state index in [1.54, 1.807) is 6.20 Å². The van der Waals surface area contributed by atoms with Crippen molar-refractivity contribution < 1.29 is 19.1 Å². The Hall–Kier alpha value is -1.92. The first-order valence-corrected chi connectivity index (χ1v) is 14.6. The summed E-state index contributed by atoms with van der Waals surface area (Å²) in [6, 6.07) is -0.436. The van der Waals surface area contributed by atoms with Gasteiger partial charge in [0.1, 0.15) is 0 Å². The van der Waals surface area contributed by atoms with Crippen LogP contribution in [0.4, 0.5) is 5.95 Å². The summed E-state index contributed by atoms with van der Waals surface area (Å²) in [5.41, 5.74) is 11.8. The van der Waals surface area contributed by atoms with Gasteiger partial charge in [0.05, 0.1) is 25.9 Å². The molecule has 2 atom stereocenters. The number of unbranched alkanes of at least 4 members (excludes halogenated alkanes) is 3. The Bertz CT molecular complexity index is 783. The van der Waals surface area contributed by atoms with Gasteiger partial charge < -0.3 is 41.0 Å². The summed E-state index contributed by atoms with van der Waals surface area (Å²) in [6.45, 7) is 6.07. The molecular formula is C26H48ClN7O4. The van der Waals surface area contributed by atoms with Gasteiger partial charge in [0.2, 0.25) is 11.8 Å². The zero-order valence-electron chi connectivity index (χ0n) is 22.8. The molecule has 1 fully saturated rings. The van der Waals surface area contributed by atoms with Crippen molar-refractivity contribution in [1.82, 2.24) is 25.1 Å². The van der Waals surface area contributed by atoms with Crippen LogP contribution in [-0.4, -0.2) is 96.8 Å². The quantitative estimate of drug-likeness (QED) is 0.124. The number of aryl methyl sites for hydroxylation is 1. The third-order valence-corrected chi connectivity index (χ3v) is 6.88. The van der Waals surface area contributed by atoms with E-state index in [9.17, 15) is 9.59 Å². The van der Waals surface area contributed by atoms with Crippen LogP contribution in [0.25, 0.3) is 0 Å². The van der Waals surface area contributed by atoms with Crippen LogP contribution in [0.1, 0.15) is 57.8 Å². The smallest absolute Gasteiger partial charge is 0.237 e. The Balaban J connectivity index is 1.41. The fraction of sp³-hybridized carbons (Fsp3) is 0.808. The summed E-state index contributed by atoms with van der Waals surface area (Å²) < 4.78 is 12.9. The average molecular weight is 558 g/mol. The molecule has 0 radical (unpaired) electrons. The molecule has 1 aliphatic heterocycles. The Kier molecular flexibility index (Phi) is 17.0. The highest BCUT2D eigenvalue weighted by Crippen LogP contribution is 2.11. The van der Waals surface area contributed by atoms with E-state index in [2.05, 4.69) is 20.5 Å². The maximum atomic E-state index is 12.5. The molecule has 12 heteroatoms. The van der Waals surface area contributed by atoms with Gasteiger partial charge in [0.25, 0.3) is 0 Å². The first kappa shape index (κ1) is 32.3. The van der Waals surface area contributed by atoms with Crippen molar-refractivity contribution in [2.24, 2.45) is 5.73 Å². The van der Waals surface area contributed by atoms with Crippen molar-refractivity contribution in [2.75, 3.05) is 64.2 Å². The van der Waals surface area contributed by atoms with Gasteiger partial charge in [-0.25, -0.2) is 4.98 Å². The number of nitrogen functional groups attached to an aromatic ring is 1.